The Morgan fingerprint density at radius 1 is 1.46 bits per heavy atom. The predicted octanol–water partition coefficient (Wildman–Crippen LogP) is -0.0286. The standard InChI is InChI=1S/C18H22ClN3O4/c1-8(19)5-20-13-9(2)15(24)14-12(16(13)25)10(7-23)18(26-4)17-11(21(17)3)6-22(14)18/h10-11,17,20,23H,1,5-7H2,2-4H3. The molecule has 3 aliphatic heterocycles. The van der Waals surface area contributed by atoms with Gasteiger partial charge < -0.3 is 20.1 Å². The summed E-state index contributed by atoms with van der Waals surface area (Å²) in [5.74, 6) is -1.06. The van der Waals surface area contributed by atoms with E-state index in [0.717, 1.165) is 0 Å². The van der Waals surface area contributed by atoms with Crippen molar-refractivity contribution in [2.75, 3.05) is 33.9 Å². The molecule has 2 saturated heterocycles. The molecule has 2 fully saturated rings. The SMILES string of the molecule is C=C(Cl)CNC1=C(C)C(=O)C2=C(C1=O)C(CO)C1(OC)C3C(CN21)N3C. The first-order valence-corrected chi connectivity index (χ1v) is 8.96. The highest BCUT2D eigenvalue weighted by Crippen LogP contribution is 2.58. The van der Waals surface area contributed by atoms with Gasteiger partial charge in [0.05, 0.1) is 36.5 Å². The van der Waals surface area contributed by atoms with Crippen molar-refractivity contribution in [1.29, 1.82) is 0 Å². The van der Waals surface area contributed by atoms with Crippen LogP contribution in [0.5, 0.6) is 0 Å². The fraction of sp³-hybridized carbons (Fsp3) is 0.556. The predicted molar refractivity (Wildman–Crippen MR) is 95.1 cm³/mol. The van der Waals surface area contributed by atoms with Crippen LogP contribution in [-0.4, -0.2) is 78.1 Å². The summed E-state index contributed by atoms with van der Waals surface area (Å²) in [6.07, 6.45) is 0. The minimum atomic E-state index is -0.879. The monoisotopic (exact) mass is 379 g/mol. The maximum atomic E-state index is 13.2. The molecule has 0 saturated carbocycles. The Morgan fingerprint density at radius 3 is 2.73 bits per heavy atom. The van der Waals surface area contributed by atoms with Gasteiger partial charge in [-0.25, -0.2) is 0 Å². The van der Waals surface area contributed by atoms with E-state index in [9.17, 15) is 14.7 Å². The van der Waals surface area contributed by atoms with Gasteiger partial charge in [0.25, 0.3) is 0 Å². The Hall–Kier alpha value is -1.67. The lowest BCUT2D eigenvalue weighted by molar-refractivity contribution is -0.144. The van der Waals surface area contributed by atoms with E-state index in [4.69, 9.17) is 16.3 Å². The molecule has 0 aromatic rings. The summed E-state index contributed by atoms with van der Waals surface area (Å²) in [6, 6.07) is 0.319. The number of carbonyl (C=O) groups excluding carboxylic acids is 2. The van der Waals surface area contributed by atoms with Crippen molar-refractivity contribution in [3.8, 4) is 0 Å². The van der Waals surface area contributed by atoms with Crippen molar-refractivity contribution in [2.24, 2.45) is 5.92 Å². The number of hydrogen-bond donors (Lipinski definition) is 2. The third kappa shape index (κ3) is 1.94. The molecular weight excluding hydrogens is 358 g/mol. The van der Waals surface area contributed by atoms with E-state index >= 15 is 0 Å². The number of halogens is 1. The number of ketones is 2. The molecule has 5 atom stereocenters. The Morgan fingerprint density at radius 2 is 2.15 bits per heavy atom. The van der Waals surface area contributed by atoms with Gasteiger partial charge in [0, 0.05) is 35.9 Å². The van der Waals surface area contributed by atoms with Crippen LogP contribution in [0.1, 0.15) is 6.92 Å². The fourth-order valence-corrected chi connectivity index (χ4v) is 5.03. The van der Waals surface area contributed by atoms with Crippen LogP contribution >= 0.6 is 11.6 Å². The highest BCUT2D eigenvalue weighted by atomic mass is 35.5. The molecule has 0 aromatic heterocycles. The highest BCUT2D eigenvalue weighted by Gasteiger charge is 2.75. The lowest BCUT2D eigenvalue weighted by atomic mass is 9.82. The molecule has 1 aliphatic carbocycles. The summed E-state index contributed by atoms with van der Waals surface area (Å²) in [4.78, 5) is 30.4. The zero-order chi connectivity index (χ0) is 19.0. The highest BCUT2D eigenvalue weighted by molar-refractivity contribution is 6.29. The van der Waals surface area contributed by atoms with Gasteiger partial charge in [-0.15, -0.1) is 0 Å². The number of ether oxygens (including phenoxy) is 1. The molecule has 0 bridgehead atoms. The number of Topliss-reactive ketones (excluding diaryl/α,β-unsaturated/α-hetero) is 2. The summed E-state index contributed by atoms with van der Waals surface area (Å²) in [6.45, 7) is 5.76. The molecule has 8 heteroatoms. The van der Waals surface area contributed by atoms with Crippen molar-refractivity contribution in [2.45, 2.75) is 24.7 Å². The van der Waals surface area contributed by atoms with Crippen LogP contribution in [0.25, 0.3) is 0 Å². The second kappa shape index (κ2) is 5.66. The first-order chi connectivity index (χ1) is 12.3. The first-order valence-electron chi connectivity index (χ1n) is 8.58. The molecule has 5 unspecified atom stereocenters. The average molecular weight is 380 g/mol. The van der Waals surface area contributed by atoms with E-state index < -0.39 is 11.6 Å². The zero-order valence-electron chi connectivity index (χ0n) is 15.0. The molecule has 7 nitrogen and oxygen atoms in total. The Bertz CT molecular complexity index is 804. The average Bonchev–Trinajstić information content (AvgIpc) is 3.00. The Labute approximate surface area is 156 Å². The topological polar surface area (TPSA) is 81.9 Å². The smallest absolute Gasteiger partial charge is 0.208 e. The van der Waals surface area contributed by atoms with Crippen molar-refractivity contribution in [1.82, 2.24) is 15.1 Å². The van der Waals surface area contributed by atoms with Crippen LogP contribution in [0.2, 0.25) is 0 Å². The minimum Gasteiger partial charge on any atom is -0.396 e. The van der Waals surface area contributed by atoms with Crippen molar-refractivity contribution in [3.63, 3.8) is 0 Å². The molecule has 2 N–H and O–H groups in total. The number of piperazine rings is 1. The molecule has 140 valence electrons. The number of rotatable bonds is 5. The van der Waals surface area contributed by atoms with Crippen LogP contribution < -0.4 is 5.32 Å². The molecule has 0 amide bonds. The summed E-state index contributed by atoms with van der Waals surface area (Å²) in [5, 5.41) is 13.4. The lowest BCUT2D eigenvalue weighted by Crippen LogP contribution is -2.55. The summed E-state index contributed by atoms with van der Waals surface area (Å²) >= 11 is 5.80. The number of aliphatic hydroxyl groups is 1. The maximum Gasteiger partial charge on any atom is 0.208 e. The zero-order valence-corrected chi connectivity index (χ0v) is 15.8. The van der Waals surface area contributed by atoms with Gasteiger partial charge in [-0.3, -0.25) is 14.5 Å². The number of allylic oxidation sites excluding steroid dienone is 2. The van der Waals surface area contributed by atoms with Crippen LogP contribution in [0.3, 0.4) is 0 Å². The third-order valence-corrected chi connectivity index (χ3v) is 6.33. The summed E-state index contributed by atoms with van der Waals surface area (Å²) in [5.41, 5.74) is 0.414. The quantitative estimate of drug-likeness (QED) is 0.513. The molecule has 0 aromatic carbocycles. The van der Waals surface area contributed by atoms with Gasteiger partial charge in [0.2, 0.25) is 11.6 Å². The number of nitrogens with zero attached hydrogens (tertiary/aromatic N) is 2. The van der Waals surface area contributed by atoms with Gasteiger partial charge in [0.1, 0.15) is 0 Å². The second-order valence-electron chi connectivity index (χ2n) is 7.27. The number of carbonyl (C=O) groups is 2. The molecule has 4 rings (SSSR count). The molecule has 0 radical (unpaired) electrons. The lowest BCUT2D eigenvalue weighted by Gasteiger charge is -2.40. The van der Waals surface area contributed by atoms with Gasteiger partial charge in [-0.05, 0) is 14.0 Å². The molecular formula is C18H22ClN3O4. The van der Waals surface area contributed by atoms with Gasteiger partial charge in [0.15, 0.2) is 5.72 Å². The summed E-state index contributed by atoms with van der Waals surface area (Å²) in [7, 11) is 3.57. The van der Waals surface area contributed by atoms with E-state index in [1.54, 1.807) is 14.0 Å². The summed E-state index contributed by atoms with van der Waals surface area (Å²) < 4.78 is 5.91. The number of likely N-dealkylation sites (N-methyl/N-ethyl adjacent to an activating group) is 1. The number of hydrogen-bond acceptors (Lipinski definition) is 7. The maximum absolute atomic E-state index is 13.2. The largest absolute Gasteiger partial charge is 0.396 e. The van der Waals surface area contributed by atoms with Crippen LogP contribution in [0.4, 0.5) is 0 Å². The van der Waals surface area contributed by atoms with Crippen LogP contribution in [-0.2, 0) is 14.3 Å². The molecule has 3 heterocycles. The van der Waals surface area contributed by atoms with Crippen molar-refractivity contribution >= 4 is 23.2 Å². The van der Waals surface area contributed by atoms with E-state index in [0.29, 0.717) is 28.4 Å². The Balaban J connectivity index is 1.78. The number of fused-ring (bicyclic) bond motifs is 4. The second-order valence-corrected chi connectivity index (χ2v) is 7.81. The van der Waals surface area contributed by atoms with Crippen molar-refractivity contribution < 1.29 is 19.4 Å². The normalized spacial score (nSPS) is 37.8. The van der Waals surface area contributed by atoms with Crippen LogP contribution in [0.15, 0.2) is 34.2 Å². The number of methoxy groups -OCH3 is 1. The van der Waals surface area contributed by atoms with Gasteiger partial charge in [-0.1, -0.05) is 18.2 Å². The van der Waals surface area contributed by atoms with Crippen LogP contribution in [0, 0.1) is 5.92 Å². The number of aliphatic hydroxyl groups excluding tert-OH is 1. The van der Waals surface area contributed by atoms with E-state index in [-0.39, 0.29) is 42.5 Å². The van der Waals surface area contributed by atoms with Gasteiger partial charge >= 0.3 is 0 Å². The Kier molecular flexibility index (Phi) is 3.86. The minimum absolute atomic E-state index is 0.0511. The third-order valence-electron chi connectivity index (χ3n) is 6.19. The molecule has 26 heavy (non-hydrogen) atoms. The van der Waals surface area contributed by atoms with Gasteiger partial charge in [-0.2, -0.15) is 0 Å². The molecule has 0 spiro atoms. The van der Waals surface area contributed by atoms with E-state index in [1.807, 2.05) is 11.9 Å². The molecule has 4 aliphatic rings. The fourth-order valence-electron chi connectivity index (χ4n) is 4.97. The van der Waals surface area contributed by atoms with E-state index in [1.165, 1.54) is 0 Å². The first kappa shape index (κ1) is 17.7. The van der Waals surface area contributed by atoms with Crippen molar-refractivity contribution in [3.05, 3.63) is 34.2 Å². The van der Waals surface area contributed by atoms with E-state index in [2.05, 4.69) is 16.8 Å². The number of nitrogens with one attached hydrogen (secondary N) is 1.